The van der Waals surface area contributed by atoms with Gasteiger partial charge in [0.2, 0.25) is 5.91 Å². The number of sulfone groups is 1. The van der Waals surface area contributed by atoms with Crippen LogP contribution in [0, 0.1) is 0 Å². The zero-order chi connectivity index (χ0) is 14.0. The molecule has 1 aliphatic rings. The van der Waals surface area contributed by atoms with Crippen LogP contribution in [-0.2, 0) is 21.1 Å². The minimum atomic E-state index is -2.96. The number of carbonyl (C=O) groups excluding carboxylic acids is 1. The monoisotopic (exact) mass is 300 g/mol. The Labute approximate surface area is 116 Å². The number of rotatable bonds is 4. The van der Waals surface area contributed by atoms with E-state index in [1.54, 1.807) is 0 Å². The Morgan fingerprint density at radius 1 is 1.37 bits per heavy atom. The van der Waals surface area contributed by atoms with Crippen molar-refractivity contribution in [3.8, 4) is 0 Å². The van der Waals surface area contributed by atoms with Gasteiger partial charge in [-0.25, -0.2) is 8.42 Å². The van der Waals surface area contributed by atoms with Crippen molar-refractivity contribution in [1.29, 1.82) is 0 Å². The maximum atomic E-state index is 11.3. The fourth-order valence-electron chi connectivity index (χ4n) is 1.86. The Bertz CT molecular complexity index is 612. The van der Waals surface area contributed by atoms with E-state index in [9.17, 15) is 13.2 Å². The maximum absolute atomic E-state index is 11.3. The summed E-state index contributed by atoms with van der Waals surface area (Å²) in [6.07, 6.45) is 2.39. The normalized spacial score (nSPS) is 14.9. The third kappa shape index (κ3) is 3.87. The third-order valence-electron chi connectivity index (χ3n) is 2.84. The van der Waals surface area contributed by atoms with E-state index in [0.717, 1.165) is 16.1 Å². The van der Waals surface area contributed by atoms with Gasteiger partial charge in [-0.1, -0.05) is 0 Å². The SMILES string of the molecule is CS(=O)(=O)CCSc1cc2c(cc1N)CCC(=O)N2. The smallest absolute Gasteiger partial charge is 0.224 e. The van der Waals surface area contributed by atoms with E-state index >= 15 is 0 Å². The quantitative estimate of drug-likeness (QED) is 0.646. The number of carbonyl (C=O) groups is 1. The highest BCUT2D eigenvalue weighted by molar-refractivity contribution is 8.00. The number of nitrogens with one attached hydrogen (secondary N) is 1. The number of fused-ring (bicyclic) bond motifs is 1. The first-order valence-electron chi connectivity index (χ1n) is 5.88. The molecule has 0 saturated heterocycles. The number of hydrogen-bond acceptors (Lipinski definition) is 5. The number of benzene rings is 1. The summed E-state index contributed by atoms with van der Waals surface area (Å²) < 4.78 is 22.2. The molecule has 0 bridgehead atoms. The van der Waals surface area contributed by atoms with Crippen molar-refractivity contribution in [1.82, 2.24) is 0 Å². The average Bonchev–Trinajstić information content (AvgIpc) is 2.29. The highest BCUT2D eigenvalue weighted by atomic mass is 32.2. The largest absolute Gasteiger partial charge is 0.398 e. The van der Waals surface area contributed by atoms with E-state index in [2.05, 4.69) is 5.32 Å². The molecule has 7 heteroatoms. The van der Waals surface area contributed by atoms with Gasteiger partial charge in [0, 0.05) is 34.7 Å². The molecule has 5 nitrogen and oxygen atoms in total. The van der Waals surface area contributed by atoms with E-state index in [0.29, 0.717) is 24.3 Å². The van der Waals surface area contributed by atoms with Crippen molar-refractivity contribution < 1.29 is 13.2 Å². The van der Waals surface area contributed by atoms with E-state index < -0.39 is 9.84 Å². The molecule has 19 heavy (non-hydrogen) atoms. The molecule has 0 unspecified atom stereocenters. The molecule has 1 aromatic rings. The van der Waals surface area contributed by atoms with Gasteiger partial charge in [-0.2, -0.15) is 0 Å². The molecular formula is C12H16N2O3S2. The van der Waals surface area contributed by atoms with Gasteiger partial charge in [0.05, 0.1) is 5.75 Å². The van der Waals surface area contributed by atoms with Crippen LogP contribution in [0.2, 0.25) is 0 Å². The van der Waals surface area contributed by atoms with Gasteiger partial charge in [-0.15, -0.1) is 11.8 Å². The summed E-state index contributed by atoms with van der Waals surface area (Å²) in [5.74, 6) is 0.570. The minimum absolute atomic E-state index is 0.00403. The lowest BCUT2D eigenvalue weighted by atomic mass is 10.0. The molecule has 0 radical (unpaired) electrons. The van der Waals surface area contributed by atoms with Crippen LogP contribution in [0.1, 0.15) is 12.0 Å². The van der Waals surface area contributed by atoms with E-state index in [1.165, 1.54) is 18.0 Å². The summed E-state index contributed by atoms with van der Waals surface area (Å²) in [6.45, 7) is 0. The standard InChI is InChI=1S/C12H16N2O3S2/c1-19(16,17)5-4-18-11-7-10-8(6-9(11)13)2-3-12(15)14-10/h6-7H,2-5,13H2,1H3,(H,14,15). The molecule has 0 fully saturated rings. The Balaban J connectivity index is 2.13. The van der Waals surface area contributed by atoms with Crippen LogP contribution in [0.25, 0.3) is 0 Å². The van der Waals surface area contributed by atoms with Crippen molar-refractivity contribution in [2.75, 3.05) is 28.8 Å². The zero-order valence-corrected chi connectivity index (χ0v) is 12.2. The summed E-state index contributed by atoms with van der Waals surface area (Å²) in [5, 5.41) is 2.81. The summed E-state index contributed by atoms with van der Waals surface area (Å²) in [6, 6.07) is 3.69. The number of hydrogen-bond donors (Lipinski definition) is 2. The molecule has 1 aliphatic heterocycles. The van der Waals surface area contributed by atoms with Gasteiger partial charge in [-0.05, 0) is 24.1 Å². The van der Waals surface area contributed by atoms with Gasteiger partial charge in [0.25, 0.3) is 0 Å². The van der Waals surface area contributed by atoms with Crippen molar-refractivity contribution in [2.45, 2.75) is 17.7 Å². The minimum Gasteiger partial charge on any atom is -0.398 e. The number of thioether (sulfide) groups is 1. The predicted molar refractivity (Wildman–Crippen MR) is 78.2 cm³/mol. The van der Waals surface area contributed by atoms with Crippen LogP contribution in [0.3, 0.4) is 0 Å². The fraction of sp³-hybridized carbons (Fsp3) is 0.417. The van der Waals surface area contributed by atoms with Crippen molar-refractivity contribution in [2.24, 2.45) is 0 Å². The molecule has 0 aromatic heterocycles. The Morgan fingerprint density at radius 3 is 2.79 bits per heavy atom. The van der Waals surface area contributed by atoms with E-state index in [-0.39, 0.29) is 11.7 Å². The topological polar surface area (TPSA) is 89.3 Å². The molecular weight excluding hydrogens is 284 g/mol. The van der Waals surface area contributed by atoms with Crippen LogP contribution < -0.4 is 11.1 Å². The molecule has 2 rings (SSSR count). The van der Waals surface area contributed by atoms with Crippen LogP contribution in [-0.4, -0.2) is 32.1 Å². The molecule has 0 saturated carbocycles. The van der Waals surface area contributed by atoms with Gasteiger partial charge in [0.15, 0.2) is 0 Å². The van der Waals surface area contributed by atoms with Gasteiger partial charge < -0.3 is 11.1 Å². The number of nitrogen functional groups attached to an aromatic ring is 1. The Hall–Kier alpha value is -1.21. The maximum Gasteiger partial charge on any atom is 0.224 e. The fourth-order valence-corrected chi connectivity index (χ4v) is 4.05. The first kappa shape index (κ1) is 14.2. The molecule has 1 amide bonds. The second-order valence-electron chi connectivity index (χ2n) is 4.57. The number of anilines is 2. The molecule has 104 valence electrons. The van der Waals surface area contributed by atoms with E-state index in [1.807, 2.05) is 12.1 Å². The highest BCUT2D eigenvalue weighted by Crippen LogP contribution is 2.33. The molecule has 0 aliphatic carbocycles. The van der Waals surface area contributed by atoms with Crippen molar-refractivity contribution in [3.05, 3.63) is 17.7 Å². The molecule has 1 heterocycles. The van der Waals surface area contributed by atoms with Gasteiger partial charge in [0.1, 0.15) is 9.84 Å². The number of nitrogens with two attached hydrogens (primary N) is 1. The first-order valence-corrected chi connectivity index (χ1v) is 8.92. The predicted octanol–water partition coefficient (Wildman–Crippen LogP) is 1.29. The summed E-state index contributed by atoms with van der Waals surface area (Å²) >= 11 is 1.39. The second-order valence-corrected chi connectivity index (χ2v) is 7.97. The summed E-state index contributed by atoms with van der Waals surface area (Å²) in [7, 11) is -2.96. The molecule has 1 aromatic carbocycles. The lowest BCUT2D eigenvalue weighted by molar-refractivity contribution is -0.116. The number of aryl methyl sites for hydroxylation is 1. The Morgan fingerprint density at radius 2 is 2.11 bits per heavy atom. The van der Waals surface area contributed by atoms with Crippen LogP contribution >= 0.6 is 11.8 Å². The lowest BCUT2D eigenvalue weighted by Crippen LogP contribution is -2.19. The number of amides is 1. The van der Waals surface area contributed by atoms with Gasteiger partial charge >= 0.3 is 0 Å². The lowest BCUT2D eigenvalue weighted by Gasteiger charge is -2.19. The zero-order valence-electron chi connectivity index (χ0n) is 10.6. The Kier molecular flexibility index (Phi) is 4.05. The molecule has 0 atom stereocenters. The molecule has 3 N–H and O–H groups in total. The average molecular weight is 300 g/mol. The van der Waals surface area contributed by atoms with Crippen molar-refractivity contribution in [3.63, 3.8) is 0 Å². The second kappa shape index (κ2) is 5.42. The van der Waals surface area contributed by atoms with Crippen molar-refractivity contribution >= 4 is 38.9 Å². The summed E-state index contributed by atoms with van der Waals surface area (Å²) in [4.78, 5) is 12.1. The molecule has 0 spiro atoms. The highest BCUT2D eigenvalue weighted by Gasteiger charge is 2.17. The first-order chi connectivity index (χ1) is 8.85. The van der Waals surface area contributed by atoms with Crippen LogP contribution in [0.15, 0.2) is 17.0 Å². The van der Waals surface area contributed by atoms with E-state index in [4.69, 9.17) is 5.73 Å². The third-order valence-corrected chi connectivity index (χ3v) is 5.12. The van der Waals surface area contributed by atoms with Crippen LogP contribution in [0.4, 0.5) is 11.4 Å². The van der Waals surface area contributed by atoms with Gasteiger partial charge in [-0.3, -0.25) is 4.79 Å². The summed E-state index contributed by atoms with van der Waals surface area (Å²) in [5.41, 5.74) is 8.40. The van der Waals surface area contributed by atoms with Crippen LogP contribution in [0.5, 0.6) is 0 Å².